The van der Waals surface area contributed by atoms with Crippen LogP contribution in [-0.4, -0.2) is 29.9 Å². The van der Waals surface area contributed by atoms with Crippen molar-refractivity contribution in [2.24, 2.45) is 0 Å². The van der Waals surface area contributed by atoms with Crippen molar-refractivity contribution in [2.45, 2.75) is 38.5 Å². The monoisotopic (exact) mass is 1330 g/mol. The predicted molar refractivity (Wildman–Crippen MR) is 424 cm³/mol. The van der Waals surface area contributed by atoms with Gasteiger partial charge < -0.3 is 8.83 Å². The Morgan fingerprint density at radius 2 is 0.471 bits per heavy atom. The molecular weight excluding hydrogens is 1270 g/mol. The van der Waals surface area contributed by atoms with E-state index in [0.29, 0.717) is 34.9 Å². The Bertz CT molecular complexity index is 6280. The number of nitrogens with zero attached hydrogens (tertiary/aromatic N) is 6. The molecule has 0 unspecified atom stereocenters. The van der Waals surface area contributed by atoms with Crippen LogP contribution in [0.3, 0.4) is 0 Å². The first kappa shape index (κ1) is 61.8. The lowest BCUT2D eigenvalue weighted by Crippen LogP contribution is -2.15. The molecule has 2 aliphatic rings. The quantitative estimate of drug-likeness (QED) is 0.133. The van der Waals surface area contributed by atoms with Crippen molar-refractivity contribution in [3.8, 4) is 135 Å². The third-order valence-corrected chi connectivity index (χ3v) is 21.0. The van der Waals surface area contributed by atoms with E-state index in [4.69, 9.17) is 38.7 Å². The maximum Gasteiger partial charge on any atom is 0.164 e. The molecule has 8 nitrogen and oxygen atoms in total. The first-order valence-corrected chi connectivity index (χ1v) is 35.4. The number of rotatable bonds is 10. The highest BCUT2D eigenvalue weighted by atomic mass is 16.3. The van der Waals surface area contributed by atoms with Gasteiger partial charge in [0.15, 0.2) is 34.9 Å². The van der Waals surface area contributed by atoms with Gasteiger partial charge in [0.05, 0.1) is 0 Å². The summed E-state index contributed by atoms with van der Waals surface area (Å²) in [6.07, 6.45) is 0. The van der Waals surface area contributed by atoms with Crippen LogP contribution < -0.4 is 0 Å². The molecule has 0 fully saturated rings. The zero-order valence-corrected chi connectivity index (χ0v) is 57.7. The van der Waals surface area contributed by atoms with E-state index in [1.54, 1.807) is 0 Å². The van der Waals surface area contributed by atoms with Gasteiger partial charge in [-0.05, 0) is 132 Å². The third-order valence-electron chi connectivity index (χ3n) is 21.0. The van der Waals surface area contributed by atoms with Crippen molar-refractivity contribution in [2.75, 3.05) is 0 Å². The van der Waals surface area contributed by atoms with Gasteiger partial charge >= 0.3 is 0 Å². The van der Waals surface area contributed by atoms with Crippen LogP contribution in [-0.2, 0) is 10.8 Å². The van der Waals surface area contributed by atoms with Crippen molar-refractivity contribution >= 4 is 43.9 Å². The Morgan fingerprint density at radius 3 is 0.846 bits per heavy atom. The summed E-state index contributed by atoms with van der Waals surface area (Å²) in [6.45, 7) is 9.26. The SMILES string of the molecule is CC1(C)c2ccc(-c3cccc(-c4ccc(-c5nc(-c6ccccc6)nc(-c6ccccc6)n5)cc4)c3)cc2-c2ccc3c(oc4ccccc43)c21.CC1(C)c2ccc(-c3cccc(-c4cccc(-c5nc(-c6ccccc6)nc(-c6ccccc6)n5)c4)c3)cc2-c2ccc3c(oc4ccccc43)c21. The summed E-state index contributed by atoms with van der Waals surface area (Å²) in [7, 11) is 0. The van der Waals surface area contributed by atoms with Crippen molar-refractivity contribution in [1.29, 1.82) is 0 Å². The summed E-state index contributed by atoms with van der Waals surface area (Å²) in [5.41, 5.74) is 28.7. The molecule has 0 saturated carbocycles. The standard InChI is InChI=1S/2C48H33N3O/c1-48(2)41-26-23-35(29-40(41)38-24-25-39-37-21-9-10-22-42(37)52-44(39)43(38)48)33-18-11-17-32(27-33)34-19-12-20-36(28-34)47-50-45(30-13-5-3-6-14-30)49-46(51-47)31-15-7-4-8-16-31;1-48(2)41-27-24-36(29-40(41)38-25-26-39-37-18-9-10-19-42(37)52-44(39)43(38)48)35-17-11-16-34(28-35)30-20-22-33(23-21-30)47-50-45(31-12-5-3-6-13-31)49-46(51-47)32-14-7-4-8-15-32/h2*3-29H,1-2H3. The van der Waals surface area contributed by atoms with E-state index in [1.165, 1.54) is 82.9 Å². The van der Waals surface area contributed by atoms with Crippen LogP contribution in [0.15, 0.2) is 336 Å². The largest absolute Gasteiger partial charge is 0.456 e. The smallest absolute Gasteiger partial charge is 0.164 e. The van der Waals surface area contributed by atoms with Gasteiger partial charge in [0.2, 0.25) is 0 Å². The minimum Gasteiger partial charge on any atom is -0.456 e. The Labute approximate surface area is 602 Å². The normalized spacial score (nSPS) is 13.0. The van der Waals surface area contributed by atoms with Crippen LogP contribution in [0, 0.1) is 0 Å². The van der Waals surface area contributed by atoms with Crippen molar-refractivity contribution in [1.82, 2.24) is 29.9 Å². The van der Waals surface area contributed by atoms with Crippen LogP contribution in [0.1, 0.15) is 49.9 Å². The fourth-order valence-corrected chi connectivity index (χ4v) is 15.8. The number of furan rings is 2. The zero-order chi connectivity index (χ0) is 69.6. The van der Waals surface area contributed by atoms with Crippen molar-refractivity contribution < 1.29 is 8.83 Å². The van der Waals surface area contributed by atoms with E-state index in [9.17, 15) is 0 Å². The number of hydrogen-bond acceptors (Lipinski definition) is 8. The van der Waals surface area contributed by atoms with E-state index in [0.717, 1.165) is 83.4 Å². The zero-order valence-electron chi connectivity index (χ0n) is 57.7. The minimum atomic E-state index is -0.186. The number of hydrogen-bond donors (Lipinski definition) is 0. The van der Waals surface area contributed by atoms with Gasteiger partial charge in [0.25, 0.3) is 0 Å². The summed E-state index contributed by atoms with van der Waals surface area (Å²) in [6, 6.07) is 114. The van der Waals surface area contributed by atoms with E-state index in [1.807, 2.05) is 133 Å². The van der Waals surface area contributed by atoms with E-state index < -0.39 is 0 Å². The lowest BCUT2D eigenvalue weighted by atomic mass is 9.81. The fraction of sp³-hybridized carbons (Fsp3) is 0.0625. The van der Waals surface area contributed by atoms with Crippen LogP contribution in [0.25, 0.3) is 179 Å². The molecular formula is C96H66N6O2. The first-order valence-electron chi connectivity index (χ1n) is 35.4. The molecule has 0 N–H and O–H groups in total. The predicted octanol–water partition coefficient (Wildman–Crippen LogP) is 24.8. The van der Waals surface area contributed by atoms with Crippen LogP contribution in [0.4, 0.5) is 0 Å². The summed E-state index contributed by atoms with van der Waals surface area (Å²) in [4.78, 5) is 29.5. The average Bonchev–Trinajstić information content (AvgIpc) is 1.56. The van der Waals surface area contributed by atoms with Crippen LogP contribution in [0.5, 0.6) is 0 Å². The highest BCUT2D eigenvalue weighted by Crippen LogP contribution is 2.55. The number of fused-ring (bicyclic) bond motifs is 14. The highest BCUT2D eigenvalue weighted by Gasteiger charge is 2.40. The van der Waals surface area contributed by atoms with Gasteiger partial charge in [-0.3, -0.25) is 0 Å². The Kier molecular flexibility index (Phi) is 14.7. The molecule has 492 valence electrons. The maximum atomic E-state index is 6.53. The summed E-state index contributed by atoms with van der Waals surface area (Å²) >= 11 is 0. The van der Waals surface area contributed by atoms with E-state index in [2.05, 4.69) is 222 Å². The van der Waals surface area contributed by atoms with Crippen molar-refractivity contribution in [3.63, 3.8) is 0 Å². The Hall–Kier alpha value is -13.3. The van der Waals surface area contributed by atoms with E-state index >= 15 is 0 Å². The van der Waals surface area contributed by atoms with Gasteiger partial charge in [-0.2, -0.15) is 0 Å². The molecule has 8 heteroatoms. The molecule has 0 bridgehead atoms. The molecule has 0 aliphatic heterocycles. The minimum absolute atomic E-state index is 0.178. The summed E-state index contributed by atoms with van der Waals surface area (Å²) in [5.74, 6) is 3.91. The number of para-hydroxylation sites is 2. The molecule has 18 aromatic rings. The second-order valence-electron chi connectivity index (χ2n) is 28.1. The average molecular weight is 1340 g/mol. The second-order valence-corrected chi connectivity index (χ2v) is 28.1. The maximum absolute atomic E-state index is 6.53. The fourth-order valence-electron chi connectivity index (χ4n) is 15.8. The van der Waals surface area contributed by atoms with Gasteiger partial charge in [-0.15, -0.1) is 0 Å². The van der Waals surface area contributed by atoms with Gasteiger partial charge in [-0.25, -0.2) is 29.9 Å². The second kappa shape index (κ2) is 24.8. The van der Waals surface area contributed by atoms with Gasteiger partial charge in [0.1, 0.15) is 22.3 Å². The van der Waals surface area contributed by atoms with E-state index in [-0.39, 0.29) is 10.8 Å². The molecule has 4 aromatic heterocycles. The molecule has 0 spiro atoms. The van der Waals surface area contributed by atoms with Gasteiger partial charge in [-0.1, -0.05) is 301 Å². The Balaban J connectivity index is 0.000000143. The molecule has 4 heterocycles. The van der Waals surface area contributed by atoms with Crippen LogP contribution in [0.2, 0.25) is 0 Å². The number of aromatic nitrogens is 6. The van der Waals surface area contributed by atoms with Gasteiger partial charge in [0, 0.05) is 76.9 Å². The summed E-state index contributed by atoms with van der Waals surface area (Å²) in [5, 5.41) is 4.69. The molecule has 0 atom stereocenters. The summed E-state index contributed by atoms with van der Waals surface area (Å²) < 4.78 is 13.0. The molecule has 0 radical (unpaired) electrons. The molecule has 2 aliphatic carbocycles. The lowest BCUT2D eigenvalue weighted by molar-refractivity contribution is 0.619. The lowest BCUT2D eigenvalue weighted by Gasteiger charge is -2.21. The molecule has 0 saturated heterocycles. The molecule has 14 aromatic carbocycles. The first-order chi connectivity index (χ1) is 51.0. The Morgan fingerprint density at radius 1 is 0.202 bits per heavy atom. The van der Waals surface area contributed by atoms with Crippen LogP contribution >= 0.6 is 0 Å². The molecule has 104 heavy (non-hydrogen) atoms. The topological polar surface area (TPSA) is 104 Å². The molecule has 20 rings (SSSR count). The highest BCUT2D eigenvalue weighted by molar-refractivity contribution is 6.11. The molecule has 0 amide bonds. The number of benzene rings is 14. The van der Waals surface area contributed by atoms with Crippen molar-refractivity contribution in [3.05, 3.63) is 350 Å². The third kappa shape index (κ3) is 10.7.